The van der Waals surface area contributed by atoms with Gasteiger partial charge in [0, 0.05) is 37.9 Å². The largest absolute Gasteiger partial charge is 0.314 e. The van der Waals surface area contributed by atoms with E-state index in [1.54, 1.807) is 12.3 Å². The molecule has 3 rings (SSSR count). The summed E-state index contributed by atoms with van der Waals surface area (Å²) in [5, 5.41) is 3.51. The normalized spacial score (nSPS) is 23.6. The average Bonchev–Trinajstić information content (AvgIpc) is 2.82. The minimum absolute atomic E-state index is 0.233. The molecule has 0 radical (unpaired) electrons. The van der Waals surface area contributed by atoms with E-state index in [1.165, 1.54) is 31.9 Å². The molecule has 0 unspecified atom stereocenters. The number of rotatable bonds is 2. The molecule has 1 aliphatic carbocycles. The molecule has 4 heteroatoms. The lowest BCUT2D eigenvalue weighted by Crippen LogP contribution is -2.59. The maximum Gasteiger partial charge on any atom is 0.141 e. The molecule has 3 nitrogen and oxygen atoms in total. The Morgan fingerprint density at radius 3 is 2.94 bits per heavy atom. The van der Waals surface area contributed by atoms with Gasteiger partial charge in [-0.15, -0.1) is 0 Å². The van der Waals surface area contributed by atoms with Crippen molar-refractivity contribution in [3.8, 4) is 0 Å². The molecule has 2 aliphatic rings. The Balaban J connectivity index is 1.77. The second-order valence-electron chi connectivity index (χ2n) is 5.54. The van der Waals surface area contributed by atoms with Crippen LogP contribution in [0.15, 0.2) is 18.5 Å². The highest BCUT2D eigenvalue weighted by molar-refractivity contribution is 5.12. The zero-order valence-electron chi connectivity index (χ0n) is 10.7. The van der Waals surface area contributed by atoms with Gasteiger partial charge in [0.25, 0.3) is 0 Å². The van der Waals surface area contributed by atoms with Gasteiger partial charge in [-0.3, -0.25) is 9.88 Å². The van der Waals surface area contributed by atoms with Gasteiger partial charge < -0.3 is 5.32 Å². The highest BCUT2D eigenvalue weighted by Gasteiger charge is 2.40. The number of piperazine rings is 1. The van der Waals surface area contributed by atoms with E-state index in [1.807, 2.05) is 0 Å². The van der Waals surface area contributed by atoms with Gasteiger partial charge in [0.15, 0.2) is 0 Å². The van der Waals surface area contributed by atoms with Crippen molar-refractivity contribution in [2.75, 3.05) is 19.6 Å². The van der Waals surface area contributed by atoms with Gasteiger partial charge >= 0.3 is 0 Å². The fourth-order valence-electron chi connectivity index (χ4n) is 3.42. The smallest absolute Gasteiger partial charge is 0.141 e. The summed E-state index contributed by atoms with van der Waals surface area (Å²) < 4.78 is 13.2. The molecular weight excluding hydrogens is 229 g/mol. The monoisotopic (exact) mass is 249 g/mol. The third-order valence-corrected chi connectivity index (χ3v) is 4.35. The van der Waals surface area contributed by atoms with E-state index in [0.29, 0.717) is 5.54 Å². The average molecular weight is 249 g/mol. The molecule has 0 aromatic carbocycles. The van der Waals surface area contributed by atoms with Crippen LogP contribution in [0, 0.1) is 5.82 Å². The Kier molecular flexibility index (Phi) is 3.31. The zero-order chi connectivity index (χ0) is 12.4. The predicted molar refractivity (Wildman–Crippen MR) is 68.7 cm³/mol. The number of nitrogens with zero attached hydrogens (tertiary/aromatic N) is 2. The second-order valence-corrected chi connectivity index (χ2v) is 5.54. The summed E-state index contributed by atoms with van der Waals surface area (Å²) in [7, 11) is 0. The van der Waals surface area contributed by atoms with Gasteiger partial charge in [0.1, 0.15) is 5.82 Å². The Hall–Kier alpha value is -1.00. The molecule has 18 heavy (non-hydrogen) atoms. The van der Waals surface area contributed by atoms with Gasteiger partial charge in [-0.05, 0) is 24.5 Å². The van der Waals surface area contributed by atoms with Crippen molar-refractivity contribution in [3.63, 3.8) is 0 Å². The summed E-state index contributed by atoms with van der Waals surface area (Å²) in [4.78, 5) is 6.48. The van der Waals surface area contributed by atoms with Crippen molar-refractivity contribution < 1.29 is 4.39 Å². The van der Waals surface area contributed by atoms with Crippen LogP contribution >= 0.6 is 0 Å². The lowest BCUT2D eigenvalue weighted by Gasteiger charge is -2.45. The summed E-state index contributed by atoms with van der Waals surface area (Å²) in [6.45, 7) is 3.99. The summed E-state index contributed by atoms with van der Waals surface area (Å²) in [6, 6.07) is 1.61. The Morgan fingerprint density at radius 2 is 2.17 bits per heavy atom. The molecule has 1 aromatic rings. The van der Waals surface area contributed by atoms with Crippen LogP contribution < -0.4 is 5.32 Å². The van der Waals surface area contributed by atoms with Crippen molar-refractivity contribution in [2.45, 2.75) is 37.8 Å². The van der Waals surface area contributed by atoms with Crippen LogP contribution in [0.3, 0.4) is 0 Å². The predicted octanol–water partition coefficient (Wildman–Crippen LogP) is 1.94. The number of hydrogen-bond donors (Lipinski definition) is 1. The number of halogens is 1. The van der Waals surface area contributed by atoms with Gasteiger partial charge in [-0.1, -0.05) is 12.8 Å². The topological polar surface area (TPSA) is 28.2 Å². The van der Waals surface area contributed by atoms with E-state index in [0.717, 1.165) is 31.7 Å². The summed E-state index contributed by atoms with van der Waals surface area (Å²) >= 11 is 0. The van der Waals surface area contributed by atoms with Gasteiger partial charge in [0.05, 0.1) is 6.20 Å². The van der Waals surface area contributed by atoms with Crippen LogP contribution in [0.2, 0.25) is 0 Å². The Morgan fingerprint density at radius 1 is 1.33 bits per heavy atom. The molecule has 2 fully saturated rings. The molecular formula is C14H20FN3. The Bertz CT molecular complexity index is 415. The molecule has 0 atom stereocenters. The van der Waals surface area contributed by atoms with Crippen LogP contribution in [0.25, 0.3) is 0 Å². The van der Waals surface area contributed by atoms with Crippen LogP contribution in [0.5, 0.6) is 0 Å². The third-order valence-electron chi connectivity index (χ3n) is 4.35. The van der Waals surface area contributed by atoms with Crippen molar-refractivity contribution in [1.29, 1.82) is 0 Å². The first-order chi connectivity index (χ1) is 8.78. The quantitative estimate of drug-likeness (QED) is 0.868. The molecule has 1 spiro atoms. The molecule has 0 bridgehead atoms. The molecule has 0 amide bonds. The van der Waals surface area contributed by atoms with Crippen molar-refractivity contribution in [3.05, 3.63) is 29.8 Å². The molecule has 1 saturated heterocycles. The molecule has 1 aromatic heterocycles. The van der Waals surface area contributed by atoms with E-state index in [2.05, 4.69) is 15.2 Å². The molecule has 1 saturated carbocycles. The summed E-state index contributed by atoms with van der Waals surface area (Å²) in [5.74, 6) is -0.233. The SMILES string of the molecule is Fc1cncc(CN2CCNCC23CCCC3)c1. The van der Waals surface area contributed by atoms with E-state index in [9.17, 15) is 4.39 Å². The summed E-state index contributed by atoms with van der Waals surface area (Å²) in [5.41, 5.74) is 1.30. The van der Waals surface area contributed by atoms with Gasteiger partial charge in [-0.25, -0.2) is 4.39 Å². The first-order valence-corrected chi connectivity index (χ1v) is 6.84. The minimum atomic E-state index is -0.233. The van der Waals surface area contributed by atoms with Crippen LogP contribution in [-0.2, 0) is 6.54 Å². The minimum Gasteiger partial charge on any atom is -0.314 e. The maximum atomic E-state index is 13.2. The maximum absolute atomic E-state index is 13.2. The Labute approximate surface area is 107 Å². The highest BCUT2D eigenvalue weighted by Crippen LogP contribution is 2.36. The molecule has 2 heterocycles. The number of nitrogens with one attached hydrogen (secondary N) is 1. The molecule has 1 aliphatic heterocycles. The fourth-order valence-corrected chi connectivity index (χ4v) is 3.42. The third kappa shape index (κ3) is 2.27. The molecule has 98 valence electrons. The first-order valence-electron chi connectivity index (χ1n) is 6.84. The summed E-state index contributed by atoms with van der Waals surface area (Å²) in [6.07, 6.45) is 8.23. The zero-order valence-corrected chi connectivity index (χ0v) is 10.7. The van der Waals surface area contributed by atoms with Gasteiger partial charge in [0.2, 0.25) is 0 Å². The number of aromatic nitrogens is 1. The lowest BCUT2D eigenvalue weighted by atomic mass is 9.92. The van der Waals surface area contributed by atoms with Crippen LogP contribution in [-0.4, -0.2) is 35.1 Å². The van der Waals surface area contributed by atoms with Crippen molar-refractivity contribution in [1.82, 2.24) is 15.2 Å². The fraction of sp³-hybridized carbons (Fsp3) is 0.643. The van der Waals surface area contributed by atoms with Crippen LogP contribution in [0.4, 0.5) is 4.39 Å². The number of pyridine rings is 1. The van der Waals surface area contributed by atoms with E-state index in [4.69, 9.17) is 0 Å². The highest BCUT2D eigenvalue weighted by atomic mass is 19.1. The molecule has 1 N–H and O–H groups in total. The second kappa shape index (κ2) is 4.94. The van der Waals surface area contributed by atoms with Crippen molar-refractivity contribution in [2.24, 2.45) is 0 Å². The first kappa shape index (κ1) is 12.1. The van der Waals surface area contributed by atoms with Gasteiger partial charge in [-0.2, -0.15) is 0 Å². The van der Waals surface area contributed by atoms with E-state index in [-0.39, 0.29) is 5.82 Å². The lowest BCUT2D eigenvalue weighted by molar-refractivity contribution is 0.0571. The van der Waals surface area contributed by atoms with Crippen LogP contribution in [0.1, 0.15) is 31.2 Å². The van der Waals surface area contributed by atoms with Crippen molar-refractivity contribution >= 4 is 0 Å². The standard InChI is InChI=1S/C14H20FN3/c15-13-7-12(8-17-9-13)10-18-6-5-16-11-14(18)3-1-2-4-14/h7-9,16H,1-6,10-11H2. The van der Waals surface area contributed by atoms with E-state index < -0.39 is 0 Å². The number of hydrogen-bond acceptors (Lipinski definition) is 3. The van der Waals surface area contributed by atoms with E-state index >= 15 is 0 Å².